The molecule has 8 heteroatoms. The van der Waals surface area contributed by atoms with Crippen LogP contribution in [0.1, 0.15) is 31.4 Å². The Morgan fingerprint density at radius 1 is 1.16 bits per heavy atom. The van der Waals surface area contributed by atoms with E-state index in [9.17, 15) is 20.0 Å². The molecule has 8 nitrogen and oxygen atoms in total. The summed E-state index contributed by atoms with van der Waals surface area (Å²) >= 11 is 0. The number of benzene rings is 2. The maximum Gasteiger partial charge on any atom is 0.310 e. The molecule has 4 rings (SSSR count). The first-order chi connectivity index (χ1) is 14.7. The van der Waals surface area contributed by atoms with Crippen LogP contribution in [0, 0.1) is 10.1 Å². The summed E-state index contributed by atoms with van der Waals surface area (Å²) in [7, 11) is 1.38. The number of rotatable bonds is 4. The Bertz CT molecular complexity index is 1160. The number of hydrogen-bond donors (Lipinski definition) is 3. The van der Waals surface area contributed by atoms with Gasteiger partial charge >= 0.3 is 5.69 Å². The van der Waals surface area contributed by atoms with E-state index in [1.54, 1.807) is 26.0 Å². The van der Waals surface area contributed by atoms with Crippen molar-refractivity contribution in [1.29, 1.82) is 0 Å². The molecule has 0 radical (unpaired) electrons. The van der Waals surface area contributed by atoms with E-state index in [0.717, 1.165) is 22.5 Å². The maximum absolute atomic E-state index is 12.9. The summed E-state index contributed by atoms with van der Waals surface area (Å²) in [5.41, 5.74) is 3.95. The van der Waals surface area contributed by atoms with Crippen molar-refractivity contribution in [3.8, 4) is 5.75 Å². The first kappa shape index (κ1) is 20.6. The Hall–Kier alpha value is -3.65. The van der Waals surface area contributed by atoms with E-state index < -0.39 is 10.5 Å². The van der Waals surface area contributed by atoms with Gasteiger partial charge in [-0.25, -0.2) is 0 Å². The number of nitro groups is 1. The number of nitrogens with one attached hydrogen (secondary N) is 2. The zero-order valence-corrected chi connectivity index (χ0v) is 17.5. The molecule has 31 heavy (non-hydrogen) atoms. The smallest absolute Gasteiger partial charge is 0.310 e. The van der Waals surface area contributed by atoms with Gasteiger partial charge < -0.3 is 20.5 Å². The van der Waals surface area contributed by atoms with Crippen LogP contribution in [0.4, 0.5) is 17.1 Å². The molecular weight excluding hydrogens is 398 g/mol. The van der Waals surface area contributed by atoms with Crippen molar-refractivity contribution in [3.63, 3.8) is 0 Å². The lowest BCUT2D eigenvalue weighted by Gasteiger charge is -2.21. The maximum atomic E-state index is 12.9. The summed E-state index contributed by atoms with van der Waals surface area (Å²) in [6, 6.07) is 10.2. The van der Waals surface area contributed by atoms with Gasteiger partial charge in [-0.1, -0.05) is 6.07 Å². The van der Waals surface area contributed by atoms with Gasteiger partial charge in [-0.2, -0.15) is 0 Å². The van der Waals surface area contributed by atoms with E-state index >= 15 is 0 Å². The summed E-state index contributed by atoms with van der Waals surface area (Å²) in [6.45, 7) is 3.81. The minimum Gasteiger partial charge on any atom is -0.490 e. The molecule has 0 spiro atoms. The number of methoxy groups -OCH3 is 1. The number of Topliss-reactive ketones (excluding diaryl/α,β-unsaturated/α-hetero) is 1. The van der Waals surface area contributed by atoms with E-state index in [1.165, 1.54) is 13.2 Å². The van der Waals surface area contributed by atoms with Crippen molar-refractivity contribution in [1.82, 2.24) is 0 Å². The van der Waals surface area contributed by atoms with Crippen molar-refractivity contribution in [2.24, 2.45) is 0 Å². The Labute approximate surface area is 179 Å². The van der Waals surface area contributed by atoms with Crippen LogP contribution in [-0.4, -0.2) is 29.5 Å². The molecule has 0 amide bonds. The van der Waals surface area contributed by atoms with E-state index in [4.69, 9.17) is 4.74 Å². The molecule has 0 saturated carbocycles. The summed E-state index contributed by atoms with van der Waals surface area (Å²) in [6.07, 6.45) is 2.08. The fourth-order valence-corrected chi connectivity index (χ4v) is 3.77. The monoisotopic (exact) mass is 421 g/mol. The molecule has 1 aliphatic carbocycles. The van der Waals surface area contributed by atoms with Crippen LogP contribution in [0.2, 0.25) is 0 Å². The van der Waals surface area contributed by atoms with Crippen LogP contribution in [0.5, 0.6) is 5.75 Å². The van der Waals surface area contributed by atoms with Crippen molar-refractivity contribution in [3.05, 3.63) is 75.0 Å². The van der Waals surface area contributed by atoms with E-state index in [-0.39, 0.29) is 23.6 Å². The van der Waals surface area contributed by atoms with Crippen LogP contribution in [0.25, 0.3) is 5.57 Å². The molecule has 2 aromatic rings. The third-order valence-corrected chi connectivity index (χ3v) is 5.53. The van der Waals surface area contributed by atoms with Gasteiger partial charge in [0.05, 0.1) is 29.0 Å². The second kappa shape index (κ2) is 7.55. The lowest BCUT2D eigenvalue weighted by Crippen LogP contribution is -2.18. The molecule has 0 saturated heterocycles. The number of aliphatic hydroxyl groups is 1. The number of ether oxygens (including phenoxy) is 1. The normalized spacial score (nSPS) is 15.7. The SMILES string of the molecule is COc1cc(C2=CC3=C(CNc4ccc(C(C)(C)O)cc4N3)C(=O)C2)ccc1[N+](=O)[O-]. The Kier molecular flexibility index (Phi) is 5.02. The third kappa shape index (κ3) is 3.89. The van der Waals surface area contributed by atoms with Crippen LogP contribution < -0.4 is 15.4 Å². The van der Waals surface area contributed by atoms with Gasteiger partial charge in [-0.05, 0) is 60.9 Å². The molecule has 0 bridgehead atoms. The highest BCUT2D eigenvalue weighted by molar-refractivity contribution is 6.07. The number of hydrogen-bond acceptors (Lipinski definition) is 7. The fraction of sp³-hybridized carbons (Fsp3) is 0.261. The standard InChI is InChI=1S/C23H23N3O5/c1-23(2,28)15-5-6-17-19(11-15)25-18-8-14(9-21(27)16(18)12-24-17)13-4-7-20(26(29)30)22(10-13)31-3/h4-8,10-11,24-25,28H,9,12H2,1-3H3. The summed E-state index contributed by atoms with van der Waals surface area (Å²) in [5, 5.41) is 28.1. The molecular formula is C23H23N3O5. The number of anilines is 2. The van der Waals surface area contributed by atoms with Gasteiger partial charge in [0, 0.05) is 30.3 Å². The fourth-order valence-electron chi connectivity index (χ4n) is 3.77. The summed E-state index contributed by atoms with van der Waals surface area (Å²) in [5.74, 6) is 0.117. The topological polar surface area (TPSA) is 114 Å². The third-order valence-electron chi connectivity index (χ3n) is 5.53. The van der Waals surface area contributed by atoms with E-state index in [1.807, 2.05) is 24.3 Å². The average molecular weight is 421 g/mol. The van der Waals surface area contributed by atoms with Gasteiger partial charge in [0.25, 0.3) is 0 Å². The zero-order valence-electron chi connectivity index (χ0n) is 17.5. The molecule has 0 aromatic heterocycles. The highest BCUT2D eigenvalue weighted by atomic mass is 16.6. The predicted molar refractivity (Wildman–Crippen MR) is 118 cm³/mol. The van der Waals surface area contributed by atoms with Crippen molar-refractivity contribution in [2.45, 2.75) is 25.9 Å². The summed E-state index contributed by atoms with van der Waals surface area (Å²) in [4.78, 5) is 23.6. The largest absolute Gasteiger partial charge is 0.490 e. The lowest BCUT2D eigenvalue weighted by atomic mass is 9.90. The molecule has 0 unspecified atom stereocenters. The van der Waals surface area contributed by atoms with Crippen molar-refractivity contribution >= 4 is 28.4 Å². The van der Waals surface area contributed by atoms with Gasteiger partial charge in [0.1, 0.15) is 0 Å². The Balaban J connectivity index is 1.74. The van der Waals surface area contributed by atoms with Crippen LogP contribution >= 0.6 is 0 Å². The number of fused-ring (bicyclic) bond motifs is 1. The quantitative estimate of drug-likeness (QED) is 0.505. The average Bonchev–Trinajstić information content (AvgIpc) is 2.91. The molecule has 1 aliphatic heterocycles. The molecule has 2 aromatic carbocycles. The highest BCUT2D eigenvalue weighted by Crippen LogP contribution is 2.37. The predicted octanol–water partition coefficient (Wildman–Crippen LogP) is 3.98. The molecule has 1 heterocycles. The van der Waals surface area contributed by atoms with Crippen LogP contribution in [0.3, 0.4) is 0 Å². The molecule has 160 valence electrons. The molecule has 2 aliphatic rings. The van der Waals surface area contributed by atoms with E-state index in [2.05, 4.69) is 10.6 Å². The van der Waals surface area contributed by atoms with Gasteiger partial charge in [0.2, 0.25) is 0 Å². The minimum atomic E-state index is -1.00. The second-order valence-electron chi connectivity index (χ2n) is 8.10. The minimum absolute atomic E-state index is 0.0275. The Morgan fingerprint density at radius 2 is 1.94 bits per heavy atom. The number of allylic oxidation sites excluding steroid dienone is 2. The van der Waals surface area contributed by atoms with Crippen LogP contribution in [0.15, 0.2) is 53.7 Å². The van der Waals surface area contributed by atoms with Crippen molar-refractivity contribution in [2.75, 3.05) is 24.3 Å². The number of nitrogens with zero attached hydrogens (tertiary/aromatic N) is 1. The first-order valence-electron chi connectivity index (χ1n) is 9.85. The molecule has 0 fully saturated rings. The summed E-state index contributed by atoms with van der Waals surface area (Å²) < 4.78 is 5.17. The lowest BCUT2D eigenvalue weighted by molar-refractivity contribution is -0.385. The van der Waals surface area contributed by atoms with Crippen molar-refractivity contribution < 1.29 is 19.6 Å². The first-order valence-corrected chi connectivity index (χ1v) is 9.85. The number of carbonyl (C=O) groups is 1. The van der Waals surface area contributed by atoms with Gasteiger partial charge in [0.15, 0.2) is 11.5 Å². The van der Waals surface area contributed by atoms with Crippen LogP contribution in [-0.2, 0) is 10.4 Å². The second-order valence-corrected chi connectivity index (χ2v) is 8.10. The zero-order chi connectivity index (χ0) is 22.3. The van der Waals surface area contributed by atoms with Gasteiger partial charge in [-0.3, -0.25) is 14.9 Å². The Morgan fingerprint density at radius 3 is 2.61 bits per heavy atom. The highest BCUT2D eigenvalue weighted by Gasteiger charge is 2.27. The number of nitro benzene ring substituents is 1. The van der Waals surface area contributed by atoms with E-state index in [0.29, 0.717) is 23.4 Å². The number of ketones is 1. The number of carbonyl (C=O) groups excluding carboxylic acids is 1. The van der Waals surface area contributed by atoms with Gasteiger partial charge in [-0.15, -0.1) is 0 Å². The molecule has 3 N–H and O–H groups in total. The molecule has 0 atom stereocenters.